The van der Waals surface area contributed by atoms with Gasteiger partial charge < -0.3 is 10.4 Å². The minimum atomic E-state index is -0.826. The minimum absolute atomic E-state index is 0.0209. The number of carbonyl (C=O) groups is 2. The molecule has 8 heteroatoms. The number of carboxylic acids is 1. The predicted octanol–water partition coefficient (Wildman–Crippen LogP) is 1.98. The van der Waals surface area contributed by atoms with E-state index >= 15 is 0 Å². The molecule has 2 atom stereocenters. The van der Waals surface area contributed by atoms with Gasteiger partial charge in [-0.1, -0.05) is 30.1 Å². The third-order valence-electron chi connectivity index (χ3n) is 3.44. The first kappa shape index (κ1) is 16.0. The molecule has 1 aromatic rings. The molecule has 0 unspecified atom stereocenters. The van der Waals surface area contributed by atoms with Gasteiger partial charge in [-0.15, -0.1) is 0 Å². The number of likely N-dealkylation sites (tertiary alicyclic amines) is 1. The Morgan fingerprint density at radius 2 is 2.19 bits per heavy atom. The first-order chi connectivity index (χ1) is 9.86. The molecule has 1 amide bonds. The van der Waals surface area contributed by atoms with Crippen LogP contribution < -0.4 is 5.32 Å². The SMILES string of the molecule is C[C@@H]1CN(CC(=O)Nc2ncc(Cl)cc2Cl)C[C@H]1C(=O)O. The summed E-state index contributed by atoms with van der Waals surface area (Å²) in [5.41, 5.74) is 0. The lowest BCUT2D eigenvalue weighted by atomic mass is 9.99. The number of aromatic nitrogens is 1. The summed E-state index contributed by atoms with van der Waals surface area (Å²) in [6, 6.07) is 1.49. The molecule has 0 bridgehead atoms. The molecule has 1 aliphatic rings. The highest BCUT2D eigenvalue weighted by molar-refractivity contribution is 6.36. The van der Waals surface area contributed by atoms with Crippen molar-refractivity contribution in [1.29, 1.82) is 0 Å². The van der Waals surface area contributed by atoms with Crippen molar-refractivity contribution in [2.75, 3.05) is 25.0 Å². The topological polar surface area (TPSA) is 82.5 Å². The fraction of sp³-hybridized carbons (Fsp3) is 0.462. The van der Waals surface area contributed by atoms with E-state index in [-0.39, 0.29) is 29.2 Å². The van der Waals surface area contributed by atoms with Gasteiger partial charge in [0.1, 0.15) is 0 Å². The molecule has 2 N–H and O–H groups in total. The van der Waals surface area contributed by atoms with Crippen LogP contribution in [0.4, 0.5) is 5.82 Å². The zero-order valence-electron chi connectivity index (χ0n) is 11.3. The van der Waals surface area contributed by atoms with Crippen LogP contribution in [0.15, 0.2) is 12.3 Å². The van der Waals surface area contributed by atoms with E-state index in [9.17, 15) is 9.59 Å². The highest BCUT2D eigenvalue weighted by atomic mass is 35.5. The van der Waals surface area contributed by atoms with Crippen molar-refractivity contribution < 1.29 is 14.7 Å². The van der Waals surface area contributed by atoms with Crippen LogP contribution in [0.3, 0.4) is 0 Å². The maximum absolute atomic E-state index is 12.0. The fourth-order valence-corrected chi connectivity index (χ4v) is 2.83. The zero-order valence-corrected chi connectivity index (χ0v) is 12.9. The van der Waals surface area contributed by atoms with Gasteiger partial charge in [-0.3, -0.25) is 14.5 Å². The molecular formula is C13H15Cl2N3O3. The van der Waals surface area contributed by atoms with Crippen LogP contribution in [0.2, 0.25) is 10.0 Å². The number of rotatable bonds is 4. The maximum atomic E-state index is 12.0. The molecule has 114 valence electrons. The number of aliphatic carboxylic acids is 1. The number of halogens is 2. The summed E-state index contributed by atoms with van der Waals surface area (Å²) < 4.78 is 0. The summed E-state index contributed by atoms with van der Waals surface area (Å²) in [6.45, 7) is 2.92. The summed E-state index contributed by atoms with van der Waals surface area (Å²) in [7, 11) is 0. The van der Waals surface area contributed by atoms with E-state index in [1.54, 1.807) is 0 Å². The van der Waals surface area contributed by atoms with Crippen LogP contribution in [0.5, 0.6) is 0 Å². The molecule has 0 aromatic carbocycles. The van der Waals surface area contributed by atoms with Crippen molar-refractivity contribution >= 4 is 40.9 Å². The average molecular weight is 332 g/mol. The van der Waals surface area contributed by atoms with E-state index in [1.165, 1.54) is 12.3 Å². The summed E-state index contributed by atoms with van der Waals surface area (Å²) in [4.78, 5) is 28.8. The highest BCUT2D eigenvalue weighted by Crippen LogP contribution is 2.24. The summed E-state index contributed by atoms with van der Waals surface area (Å²) >= 11 is 11.7. The third kappa shape index (κ3) is 4.06. The lowest BCUT2D eigenvalue weighted by Crippen LogP contribution is -2.32. The van der Waals surface area contributed by atoms with Crippen molar-refractivity contribution in [2.24, 2.45) is 11.8 Å². The molecule has 0 aliphatic carbocycles. The molecule has 0 saturated carbocycles. The van der Waals surface area contributed by atoms with Crippen molar-refractivity contribution in [1.82, 2.24) is 9.88 Å². The normalized spacial score (nSPS) is 22.2. The standard InChI is InChI=1S/C13H15Cl2N3O3/c1-7-4-18(5-9(7)13(20)21)6-11(19)17-12-10(15)2-8(14)3-16-12/h2-3,7,9H,4-6H2,1H3,(H,20,21)(H,16,17,19)/t7-,9-/m1/s1. The van der Waals surface area contributed by atoms with Gasteiger partial charge in [0.2, 0.25) is 5.91 Å². The van der Waals surface area contributed by atoms with Crippen LogP contribution >= 0.6 is 23.2 Å². The van der Waals surface area contributed by atoms with Crippen LogP contribution in [0.25, 0.3) is 0 Å². The predicted molar refractivity (Wildman–Crippen MR) is 79.6 cm³/mol. The van der Waals surface area contributed by atoms with Crippen LogP contribution in [-0.4, -0.2) is 46.5 Å². The van der Waals surface area contributed by atoms with Crippen LogP contribution in [-0.2, 0) is 9.59 Å². The van der Waals surface area contributed by atoms with Crippen LogP contribution in [0, 0.1) is 11.8 Å². The Morgan fingerprint density at radius 1 is 1.48 bits per heavy atom. The first-order valence-electron chi connectivity index (χ1n) is 6.43. The largest absolute Gasteiger partial charge is 0.481 e. The lowest BCUT2D eigenvalue weighted by Gasteiger charge is -2.15. The molecule has 2 heterocycles. The Hall–Kier alpha value is -1.37. The Kier molecular flexibility index (Phi) is 5.03. The number of amides is 1. The van der Waals surface area contributed by atoms with Crippen molar-refractivity contribution in [3.05, 3.63) is 22.3 Å². The molecule has 0 radical (unpaired) electrons. The number of anilines is 1. The Balaban J connectivity index is 1.92. The maximum Gasteiger partial charge on any atom is 0.308 e. The van der Waals surface area contributed by atoms with Gasteiger partial charge in [0.25, 0.3) is 0 Å². The molecule has 1 aliphatic heterocycles. The zero-order chi connectivity index (χ0) is 15.6. The van der Waals surface area contributed by atoms with Crippen LogP contribution in [0.1, 0.15) is 6.92 Å². The van der Waals surface area contributed by atoms with Gasteiger partial charge in [0.05, 0.1) is 22.5 Å². The molecule has 6 nitrogen and oxygen atoms in total. The van der Waals surface area contributed by atoms with Gasteiger partial charge in [0.15, 0.2) is 5.82 Å². The number of nitrogens with one attached hydrogen (secondary N) is 1. The van der Waals surface area contributed by atoms with Gasteiger partial charge in [-0.05, 0) is 12.0 Å². The summed E-state index contributed by atoms with van der Waals surface area (Å²) in [5.74, 6) is -1.28. The minimum Gasteiger partial charge on any atom is -0.481 e. The second-order valence-corrected chi connectivity index (χ2v) is 5.99. The van der Waals surface area contributed by atoms with Crippen molar-refractivity contribution in [2.45, 2.75) is 6.92 Å². The number of pyridine rings is 1. The number of hydrogen-bond acceptors (Lipinski definition) is 4. The number of carboxylic acid groups (broad SMARTS) is 1. The van der Waals surface area contributed by atoms with E-state index in [0.717, 1.165) is 0 Å². The second kappa shape index (κ2) is 6.60. The molecule has 1 saturated heterocycles. The van der Waals surface area contributed by atoms with E-state index in [2.05, 4.69) is 10.3 Å². The average Bonchev–Trinajstić information content (AvgIpc) is 2.74. The van der Waals surface area contributed by atoms with Crippen molar-refractivity contribution in [3.8, 4) is 0 Å². The van der Waals surface area contributed by atoms with E-state index in [4.69, 9.17) is 28.3 Å². The Labute approximate surface area is 132 Å². The van der Waals surface area contributed by atoms with Gasteiger partial charge in [-0.2, -0.15) is 0 Å². The third-order valence-corrected chi connectivity index (χ3v) is 3.93. The highest BCUT2D eigenvalue weighted by Gasteiger charge is 2.35. The molecular weight excluding hydrogens is 317 g/mol. The molecule has 21 heavy (non-hydrogen) atoms. The van der Waals surface area contributed by atoms with E-state index in [0.29, 0.717) is 18.1 Å². The fourth-order valence-electron chi connectivity index (χ4n) is 2.40. The number of hydrogen-bond donors (Lipinski definition) is 2. The van der Waals surface area contributed by atoms with E-state index < -0.39 is 11.9 Å². The molecule has 2 rings (SSSR count). The smallest absolute Gasteiger partial charge is 0.308 e. The lowest BCUT2D eigenvalue weighted by molar-refractivity contribution is -0.142. The number of nitrogens with zero attached hydrogens (tertiary/aromatic N) is 2. The Morgan fingerprint density at radius 3 is 2.76 bits per heavy atom. The monoisotopic (exact) mass is 331 g/mol. The van der Waals surface area contributed by atoms with Gasteiger partial charge in [-0.25, -0.2) is 4.98 Å². The summed E-state index contributed by atoms with van der Waals surface area (Å²) in [6.07, 6.45) is 1.39. The Bertz CT molecular complexity index is 568. The molecule has 0 spiro atoms. The van der Waals surface area contributed by atoms with Gasteiger partial charge in [0, 0.05) is 19.3 Å². The summed E-state index contributed by atoms with van der Waals surface area (Å²) in [5, 5.41) is 12.3. The quantitative estimate of drug-likeness (QED) is 0.881. The number of carbonyl (C=O) groups excluding carboxylic acids is 1. The molecule has 1 fully saturated rings. The molecule has 1 aromatic heterocycles. The first-order valence-corrected chi connectivity index (χ1v) is 7.18. The van der Waals surface area contributed by atoms with E-state index in [1.807, 2.05) is 11.8 Å². The second-order valence-electron chi connectivity index (χ2n) is 5.15. The van der Waals surface area contributed by atoms with Gasteiger partial charge >= 0.3 is 5.97 Å². The van der Waals surface area contributed by atoms with Crippen molar-refractivity contribution in [3.63, 3.8) is 0 Å².